The maximum absolute atomic E-state index is 12.0. The SMILES string of the molecule is Fc1csc(S)c1F. The zero-order valence-corrected chi connectivity index (χ0v) is 5.40. The van der Waals surface area contributed by atoms with Crippen LogP contribution in [0.2, 0.25) is 0 Å². The predicted octanol–water partition coefficient (Wildman–Crippen LogP) is 2.31. The van der Waals surface area contributed by atoms with Crippen LogP contribution in [0, 0.1) is 11.6 Å². The average Bonchev–Trinajstić information content (AvgIpc) is 1.98. The van der Waals surface area contributed by atoms with Crippen molar-refractivity contribution in [2.24, 2.45) is 0 Å². The molecule has 0 spiro atoms. The normalized spacial score (nSPS) is 9.88. The van der Waals surface area contributed by atoms with E-state index in [1.165, 1.54) is 0 Å². The van der Waals surface area contributed by atoms with Crippen molar-refractivity contribution in [3.8, 4) is 0 Å². The molecule has 44 valence electrons. The van der Waals surface area contributed by atoms with Gasteiger partial charge in [0.25, 0.3) is 0 Å². The van der Waals surface area contributed by atoms with Crippen LogP contribution < -0.4 is 0 Å². The first-order valence-corrected chi connectivity index (χ1v) is 3.16. The molecule has 0 aliphatic carbocycles. The van der Waals surface area contributed by atoms with Crippen LogP contribution in [0.25, 0.3) is 0 Å². The van der Waals surface area contributed by atoms with Crippen molar-refractivity contribution in [2.45, 2.75) is 4.21 Å². The molecule has 0 aliphatic rings. The van der Waals surface area contributed by atoms with Crippen LogP contribution in [-0.4, -0.2) is 0 Å². The van der Waals surface area contributed by atoms with E-state index in [-0.39, 0.29) is 4.21 Å². The minimum atomic E-state index is -0.849. The molecule has 0 saturated heterocycles. The lowest BCUT2D eigenvalue weighted by Gasteiger charge is -1.77. The van der Waals surface area contributed by atoms with Crippen LogP contribution in [0.3, 0.4) is 0 Å². The third kappa shape index (κ3) is 0.855. The lowest BCUT2D eigenvalue weighted by molar-refractivity contribution is 0.504. The van der Waals surface area contributed by atoms with E-state index in [9.17, 15) is 8.78 Å². The van der Waals surface area contributed by atoms with Gasteiger partial charge in [0.1, 0.15) is 0 Å². The highest BCUT2D eigenvalue weighted by Gasteiger charge is 2.05. The molecule has 8 heavy (non-hydrogen) atoms. The summed E-state index contributed by atoms with van der Waals surface area (Å²) < 4.78 is 24.1. The van der Waals surface area contributed by atoms with Gasteiger partial charge in [-0.25, -0.2) is 8.78 Å². The van der Waals surface area contributed by atoms with Crippen molar-refractivity contribution in [1.82, 2.24) is 0 Å². The fourth-order valence-corrected chi connectivity index (χ4v) is 1.10. The topological polar surface area (TPSA) is 0 Å². The van der Waals surface area contributed by atoms with E-state index in [2.05, 4.69) is 12.6 Å². The van der Waals surface area contributed by atoms with Gasteiger partial charge in [0.05, 0.1) is 4.21 Å². The van der Waals surface area contributed by atoms with Gasteiger partial charge in [0.15, 0.2) is 11.6 Å². The number of halogens is 2. The number of hydrogen-bond donors (Lipinski definition) is 1. The summed E-state index contributed by atoms with van der Waals surface area (Å²) >= 11 is 4.57. The van der Waals surface area contributed by atoms with Crippen molar-refractivity contribution >= 4 is 24.0 Å². The second kappa shape index (κ2) is 2.03. The zero-order chi connectivity index (χ0) is 6.15. The molecule has 0 bridgehead atoms. The molecule has 0 N–H and O–H groups in total. The van der Waals surface area contributed by atoms with E-state index >= 15 is 0 Å². The van der Waals surface area contributed by atoms with Crippen LogP contribution in [-0.2, 0) is 0 Å². The summed E-state index contributed by atoms with van der Waals surface area (Å²) in [5.41, 5.74) is 0. The maximum atomic E-state index is 12.0. The van der Waals surface area contributed by atoms with Crippen molar-refractivity contribution in [1.29, 1.82) is 0 Å². The summed E-state index contributed by atoms with van der Waals surface area (Å²) in [4.78, 5) is 0. The summed E-state index contributed by atoms with van der Waals surface area (Å²) in [5, 5.41) is 1.08. The minimum absolute atomic E-state index is 0.0995. The van der Waals surface area contributed by atoms with E-state index in [1.54, 1.807) is 0 Å². The lowest BCUT2D eigenvalue weighted by Crippen LogP contribution is -1.70. The summed E-state index contributed by atoms with van der Waals surface area (Å²) in [6.07, 6.45) is 0. The largest absolute Gasteiger partial charge is 0.203 e. The fraction of sp³-hybridized carbons (Fsp3) is 0. The highest BCUT2D eigenvalue weighted by molar-refractivity contribution is 7.82. The molecule has 1 heterocycles. The Morgan fingerprint density at radius 2 is 2.12 bits per heavy atom. The molecule has 1 aromatic rings. The van der Waals surface area contributed by atoms with Gasteiger partial charge >= 0.3 is 0 Å². The zero-order valence-electron chi connectivity index (χ0n) is 3.69. The van der Waals surface area contributed by atoms with Gasteiger partial charge in [-0.1, -0.05) is 0 Å². The molecule has 0 aromatic carbocycles. The van der Waals surface area contributed by atoms with E-state index in [0.717, 1.165) is 16.7 Å². The molecule has 1 rings (SSSR count). The first-order valence-electron chi connectivity index (χ1n) is 1.83. The average molecular weight is 152 g/mol. The second-order valence-corrected chi connectivity index (χ2v) is 2.83. The molecule has 0 fully saturated rings. The monoisotopic (exact) mass is 152 g/mol. The first-order chi connectivity index (χ1) is 3.72. The standard InChI is InChI=1S/C4H2F2S2/c5-2-1-8-4(7)3(2)6/h1,7H. The van der Waals surface area contributed by atoms with E-state index in [1.807, 2.05) is 0 Å². The van der Waals surface area contributed by atoms with Crippen molar-refractivity contribution in [2.75, 3.05) is 0 Å². The van der Waals surface area contributed by atoms with Gasteiger partial charge in [-0.05, 0) is 0 Å². The van der Waals surface area contributed by atoms with Crippen LogP contribution in [0.5, 0.6) is 0 Å². The van der Waals surface area contributed by atoms with E-state index < -0.39 is 11.6 Å². The Hall–Kier alpha value is -0.0900. The van der Waals surface area contributed by atoms with Gasteiger partial charge in [-0.2, -0.15) is 0 Å². The Kier molecular flexibility index (Phi) is 1.53. The van der Waals surface area contributed by atoms with Gasteiger partial charge in [-0.15, -0.1) is 24.0 Å². The Bertz CT molecular complexity index is 174. The maximum Gasteiger partial charge on any atom is 0.182 e. The Balaban J connectivity index is 3.19. The summed E-state index contributed by atoms with van der Waals surface area (Å²) in [6.45, 7) is 0. The Labute approximate surface area is 54.6 Å². The summed E-state index contributed by atoms with van der Waals surface area (Å²) in [5.74, 6) is -1.67. The van der Waals surface area contributed by atoms with Crippen molar-refractivity contribution in [3.63, 3.8) is 0 Å². The van der Waals surface area contributed by atoms with Crippen molar-refractivity contribution < 1.29 is 8.78 Å². The first kappa shape index (κ1) is 6.04. The predicted molar refractivity (Wildman–Crippen MR) is 31.5 cm³/mol. The molecule has 4 heteroatoms. The second-order valence-electron chi connectivity index (χ2n) is 1.20. The molecule has 0 atom stereocenters. The number of hydrogen-bond acceptors (Lipinski definition) is 2. The summed E-state index contributed by atoms with van der Waals surface area (Å²) in [6, 6.07) is 0. The molecule has 0 aliphatic heterocycles. The number of thiol groups is 1. The van der Waals surface area contributed by atoms with Crippen LogP contribution in [0.4, 0.5) is 8.78 Å². The molecule has 0 amide bonds. The summed E-state index contributed by atoms with van der Waals surface area (Å²) in [7, 11) is 0. The van der Waals surface area contributed by atoms with Gasteiger partial charge < -0.3 is 0 Å². The molecule has 1 aromatic heterocycles. The molecule has 0 unspecified atom stereocenters. The van der Waals surface area contributed by atoms with Gasteiger partial charge in [0.2, 0.25) is 0 Å². The highest BCUT2D eigenvalue weighted by Crippen LogP contribution is 2.21. The van der Waals surface area contributed by atoms with E-state index in [4.69, 9.17) is 0 Å². The van der Waals surface area contributed by atoms with Crippen LogP contribution in [0.15, 0.2) is 9.59 Å². The molecule has 0 nitrogen and oxygen atoms in total. The molecular weight excluding hydrogens is 150 g/mol. The Morgan fingerprint density at radius 3 is 2.25 bits per heavy atom. The third-order valence-electron chi connectivity index (χ3n) is 0.671. The fourth-order valence-electron chi connectivity index (χ4n) is 0.313. The molecule has 0 saturated carbocycles. The number of thiophene rings is 1. The molecule has 0 radical (unpaired) electrons. The minimum Gasteiger partial charge on any atom is -0.203 e. The van der Waals surface area contributed by atoms with Crippen molar-refractivity contribution in [3.05, 3.63) is 17.0 Å². The molecular formula is C4H2F2S2. The van der Waals surface area contributed by atoms with Gasteiger partial charge in [-0.3, -0.25) is 0 Å². The van der Waals surface area contributed by atoms with E-state index in [0.29, 0.717) is 0 Å². The smallest absolute Gasteiger partial charge is 0.182 e. The quantitative estimate of drug-likeness (QED) is 0.542. The number of rotatable bonds is 0. The lowest BCUT2D eigenvalue weighted by atomic mass is 10.6. The third-order valence-corrected chi connectivity index (χ3v) is 1.91. The van der Waals surface area contributed by atoms with Crippen LogP contribution >= 0.6 is 24.0 Å². The Morgan fingerprint density at radius 1 is 1.50 bits per heavy atom. The van der Waals surface area contributed by atoms with Crippen LogP contribution in [0.1, 0.15) is 0 Å². The highest BCUT2D eigenvalue weighted by atomic mass is 32.2. The van der Waals surface area contributed by atoms with Gasteiger partial charge in [0, 0.05) is 5.38 Å².